The van der Waals surface area contributed by atoms with E-state index in [0.29, 0.717) is 6.04 Å². The minimum Gasteiger partial charge on any atom is -0.330 e. The molecule has 148 valence electrons. The summed E-state index contributed by atoms with van der Waals surface area (Å²) in [6, 6.07) is 13.1. The first-order valence-electron chi connectivity index (χ1n) is 10.6. The molecular weight excluding hydrogens is 346 g/mol. The van der Waals surface area contributed by atoms with Gasteiger partial charge in [0.1, 0.15) is 5.82 Å². The molecule has 0 saturated heterocycles. The summed E-state index contributed by atoms with van der Waals surface area (Å²) in [4.78, 5) is 12.1. The van der Waals surface area contributed by atoms with Crippen molar-refractivity contribution in [3.8, 4) is 0 Å². The molecule has 0 unspecified atom stereocenters. The Bertz CT molecular complexity index is 916. The Hall–Kier alpha value is -2.24. The second kappa shape index (κ2) is 8.84. The molecule has 4 rings (SSSR count). The standard InChI is InChI=1S/C23H31N5/c1-27(21-13-7-9-18-10-8-15-25-23(18)21)17-22-26-19-11-3-4-12-20(19)28(22)16-6-2-5-14-24/h3-4,8,10-12,15,21H,2,5-7,9,13-14,16-17,24H2,1H3/t21-/m1/s1. The molecule has 0 radical (unpaired) electrons. The number of pyridine rings is 1. The molecule has 1 atom stereocenters. The van der Waals surface area contributed by atoms with Gasteiger partial charge in [-0.2, -0.15) is 0 Å². The van der Waals surface area contributed by atoms with Gasteiger partial charge in [0.25, 0.3) is 0 Å². The predicted molar refractivity (Wildman–Crippen MR) is 114 cm³/mol. The molecule has 28 heavy (non-hydrogen) atoms. The van der Waals surface area contributed by atoms with Crippen LogP contribution in [0.5, 0.6) is 0 Å². The molecule has 2 aromatic heterocycles. The minimum absolute atomic E-state index is 0.371. The molecule has 1 aliphatic carbocycles. The number of nitrogens with zero attached hydrogens (tertiary/aromatic N) is 4. The van der Waals surface area contributed by atoms with Gasteiger partial charge in [0.15, 0.2) is 0 Å². The van der Waals surface area contributed by atoms with Crippen molar-refractivity contribution in [1.29, 1.82) is 0 Å². The number of unbranched alkanes of at least 4 members (excludes halogenated alkanes) is 2. The van der Waals surface area contributed by atoms with Gasteiger partial charge in [-0.1, -0.05) is 24.6 Å². The lowest BCUT2D eigenvalue weighted by atomic mass is 9.91. The molecule has 0 fully saturated rings. The summed E-state index contributed by atoms with van der Waals surface area (Å²) in [5, 5.41) is 0. The average Bonchev–Trinajstić information content (AvgIpc) is 3.07. The maximum Gasteiger partial charge on any atom is 0.124 e. The quantitative estimate of drug-likeness (QED) is 0.601. The molecule has 0 bridgehead atoms. The maximum atomic E-state index is 5.66. The van der Waals surface area contributed by atoms with Crippen LogP contribution in [0.2, 0.25) is 0 Å². The third-order valence-corrected chi connectivity index (χ3v) is 5.91. The molecule has 5 nitrogen and oxygen atoms in total. The molecule has 3 aromatic rings. The topological polar surface area (TPSA) is 60.0 Å². The molecule has 0 saturated carbocycles. The Balaban J connectivity index is 1.57. The molecule has 0 aliphatic heterocycles. The van der Waals surface area contributed by atoms with Crippen LogP contribution in [0, 0.1) is 0 Å². The van der Waals surface area contributed by atoms with Crippen molar-refractivity contribution in [3.63, 3.8) is 0 Å². The van der Waals surface area contributed by atoms with E-state index in [0.717, 1.165) is 63.1 Å². The van der Waals surface area contributed by atoms with Gasteiger partial charge in [0.05, 0.1) is 29.3 Å². The van der Waals surface area contributed by atoms with Crippen LogP contribution >= 0.6 is 0 Å². The highest BCUT2D eigenvalue weighted by atomic mass is 15.2. The number of aryl methyl sites for hydroxylation is 2. The van der Waals surface area contributed by atoms with Crippen LogP contribution in [0.3, 0.4) is 0 Å². The van der Waals surface area contributed by atoms with Crippen LogP contribution in [-0.4, -0.2) is 33.0 Å². The first-order valence-corrected chi connectivity index (χ1v) is 10.6. The van der Waals surface area contributed by atoms with Crippen molar-refractivity contribution in [3.05, 3.63) is 59.7 Å². The highest BCUT2D eigenvalue weighted by Crippen LogP contribution is 2.33. The fourth-order valence-corrected chi connectivity index (χ4v) is 4.43. The second-order valence-corrected chi connectivity index (χ2v) is 7.89. The summed E-state index contributed by atoms with van der Waals surface area (Å²) < 4.78 is 2.41. The number of nitrogens with two attached hydrogens (primary N) is 1. The van der Waals surface area contributed by atoms with E-state index in [1.54, 1.807) is 0 Å². The van der Waals surface area contributed by atoms with E-state index in [2.05, 4.69) is 52.9 Å². The van der Waals surface area contributed by atoms with E-state index in [9.17, 15) is 0 Å². The fourth-order valence-electron chi connectivity index (χ4n) is 4.43. The zero-order valence-electron chi connectivity index (χ0n) is 16.8. The Kier molecular flexibility index (Phi) is 6.03. The highest BCUT2D eigenvalue weighted by Gasteiger charge is 2.26. The molecule has 2 heterocycles. The van der Waals surface area contributed by atoms with Gasteiger partial charge >= 0.3 is 0 Å². The highest BCUT2D eigenvalue weighted by molar-refractivity contribution is 5.75. The van der Waals surface area contributed by atoms with Gasteiger partial charge in [0.2, 0.25) is 0 Å². The van der Waals surface area contributed by atoms with E-state index in [1.165, 1.54) is 23.2 Å². The molecule has 5 heteroatoms. The number of para-hydroxylation sites is 2. The Morgan fingerprint density at radius 1 is 1.14 bits per heavy atom. The zero-order valence-corrected chi connectivity index (χ0v) is 16.8. The summed E-state index contributed by atoms with van der Waals surface area (Å²) in [6.45, 7) is 2.61. The van der Waals surface area contributed by atoms with Crippen molar-refractivity contribution < 1.29 is 0 Å². The van der Waals surface area contributed by atoms with Gasteiger partial charge < -0.3 is 10.3 Å². The summed E-state index contributed by atoms with van der Waals surface area (Å²) in [5.41, 5.74) is 10.6. The predicted octanol–water partition coefficient (Wildman–Crippen LogP) is 4.07. The zero-order chi connectivity index (χ0) is 19.3. The van der Waals surface area contributed by atoms with Gasteiger partial charge in [-0.15, -0.1) is 0 Å². The summed E-state index contributed by atoms with van der Waals surface area (Å²) in [6.07, 6.45) is 8.86. The number of benzene rings is 1. The van der Waals surface area contributed by atoms with E-state index < -0.39 is 0 Å². The van der Waals surface area contributed by atoms with E-state index in [-0.39, 0.29) is 0 Å². The molecule has 2 N–H and O–H groups in total. The smallest absolute Gasteiger partial charge is 0.124 e. The molecule has 1 aromatic carbocycles. The number of hydrogen-bond donors (Lipinski definition) is 1. The Morgan fingerprint density at radius 2 is 2.04 bits per heavy atom. The van der Waals surface area contributed by atoms with Crippen molar-refractivity contribution in [2.24, 2.45) is 5.73 Å². The van der Waals surface area contributed by atoms with Crippen LogP contribution in [0.15, 0.2) is 42.6 Å². The third-order valence-electron chi connectivity index (χ3n) is 5.91. The molecule has 0 amide bonds. The summed E-state index contributed by atoms with van der Waals surface area (Å²) >= 11 is 0. The van der Waals surface area contributed by atoms with Crippen molar-refractivity contribution in [1.82, 2.24) is 19.4 Å². The van der Waals surface area contributed by atoms with Crippen LogP contribution in [0.1, 0.15) is 55.2 Å². The first-order chi connectivity index (χ1) is 13.8. The number of fused-ring (bicyclic) bond motifs is 2. The Morgan fingerprint density at radius 3 is 2.93 bits per heavy atom. The van der Waals surface area contributed by atoms with E-state index >= 15 is 0 Å². The lowest BCUT2D eigenvalue weighted by Gasteiger charge is -2.32. The maximum absolute atomic E-state index is 5.66. The SMILES string of the molecule is CN(Cc1nc2ccccc2n1CCCCCN)[C@@H]1CCCc2cccnc21. The largest absolute Gasteiger partial charge is 0.330 e. The van der Waals surface area contributed by atoms with Crippen molar-refractivity contribution >= 4 is 11.0 Å². The third kappa shape index (κ3) is 3.96. The Labute approximate surface area is 167 Å². The number of rotatable bonds is 8. The van der Waals surface area contributed by atoms with Crippen LogP contribution in [0.25, 0.3) is 11.0 Å². The number of imidazole rings is 1. The van der Waals surface area contributed by atoms with E-state index in [1.807, 2.05) is 6.20 Å². The lowest BCUT2D eigenvalue weighted by Crippen LogP contribution is -2.29. The molecular formula is C23H31N5. The van der Waals surface area contributed by atoms with Crippen molar-refractivity contribution in [2.45, 2.75) is 57.7 Å². The number of hydrogen-bond acceptors (Lipinski definition) is 4. The van der Waals surface area contributed by atoms with Crippen LogP contribution in [0.4, 0.5) is 0 Å². The van der Waals surface area contributed by atoms with Gasteiger partial charge in [-0.05, 0) is 69.5 Å². The number of aromatic nitrogens is 3. The summed E-state index contributed by atoms with van der Waals surface area (Å²) in [5.74, 6) is 1.15. The first kappa shape index (κ1) is 19.1. The van der Waals surface area contributed by atoms with Gasteiger partial charge in [-0.25, -0.2) is 4.98 Å². The fraction of sp³-hybridized carbons (Fsp3) is 0.478. The second-order valence-electron chi connectivity index (χ2n) is 7.89. The minimum atomic E-state index is 0.371. The van der Waals surface area contributed by atoms with Crippen LogP contribution < -0.4 is 5.73 Å². The molecule has 1 aliphatic rings. The van der Waals surface area contributed by atoms with Gasteiger partial charge in [-0.3, -0.25) is 9.88 Å². The summed E-state index contributed by atoms with van der Waals surface area (Å²) in [7, 11) is 2.21. The lowest BCUT2D eigenvalue weighted by molar-refractivity contribution is 0.201. The monoisotopic (exact) mass is 377 g/mol. The van der Waals surface area contributed by atoms with Gasteiger partial charge in [0, 0.05) is 12.7 Å². The van der Waals surface area contributed by atoms with Crippen molar-refractivity contribution in [2.75, 3.05) is 13.6 Å². The molecule has 0 spiro atoms. The van der Waals surface area contributed by atoms with E-state index in [4.69, 9.17) is 15.7 Å². The normalized spacial score (nSPS) is 16.6. The average molecular weight is 378 g/mol. The van der Waals surface area contributed by atoms with Crippen LogP contribution in [-0.2, 0) is 19.5 Å².